The number of aromatic nitrogens is 2. The van der Waals surface area contributed by atoms with E-state index in [9.17, 15) is 22.8 Å². The zero-order chi connectivity index (χ0) is 24.5. The predicted octanol–water partition coefficient (Wildman–Crippen LogP) is 2.54. The van der Waals surface area contributed by atoms with E-state index in [-0.39, 0.29) is 16.5 Å². The summed E-state index contributed by atoms with van der Waals surface area (Å²) in [7, 11) is -5.84. The van der Waals surface area contributed by atoms with E-state index in [1.807, 2.05) is 0 Å². The fraction of sp³-hybridized carbons (Fsp3) is 0.167. The monoisotopic (exact) mass is 477 g/mol. The minimum atomic E-state index is -5.84. The van der Waals surface area contributed by atoms with E-state index < -0.39 is 27.6 Å². The zero-order valence-corrected chi connectivity index (χ0v) is 16.9. The van der Waals surface area contributed by atoms with Gasteiger partial charge in [0.25, 0.3) is 0 Å². The Morgan fingerprint density at radius 3 is 1.81 bits per heavy atom. The molecule has 0 spiro atoms. The minimum absolute atomic E-state index is 0.00972. The van der Waals surface area contributed by atoms with Crippen LogP contribution in [0.2, 0.25) is 0 Å². The fourth-order valence-corrected chi connectivity index (χ4v) is 2.27. The largest absolute Gasteiger partial charge is 0.522 e. The number of hydrogen-bond acceptors (Lipinski definition) is 6. The predicted molar refractivity (Wildman–Crippen MR) is 107 cm³/mol. The van der Waals surface area contributed by atoms with Gasteiger partial charge < -0.3 is 20.9 Å². The summed E-state index contributed by atoms with van der Waals surface area (Å²) >= 11 is 0. The van der Waals surface area contributed by atoms with E-state index in [4.69, 9.17) is 28.9 Å². The Morgan fingerprint density at radius 2 is 1.50 bits per heavy atom. The highest BCUT2D eigenvalue weighted by atomic mass is 32.2. The van der Waals surface area contributed by atoms with E-state index in [1.165, 1.54) is 12.1 Å². The van der Waals surface area contributed by atoms with Crippen molar-refractivity contribution in [3.8, 4) is 0 Å². The average molecular weight is 477 g/mol. The molecule has 0 saturated heterocycles. The van der Waals surface area contributed by atoms with Gasteiger partial charge in [0, 0.05) is 23.7 Å². The molecule has 0 radical (unpaired) electrons. The number of carbonyl (C=O) groups is 2. The summed E-state index contributed by atoms with van der Waals surface area (Å²) in [6.45, 7) is 0.683. The van der Waals surface area contributed by atoms with Crippen LogP contribution in [0.4, 0.5) is 13.2 Å². The molecule has 3 aromatic rings. The maximum Gasteiger partial charge on any atom is 0.522 e. The smallest absolute Gasteiger partial charge is 0.478 e. The van der Waals surface area contributed by atoms with E-state index in [0.29, 0.717) is 11.9 Å². The van der Waals surface area contributed by atoms with Gasteiger partial charge in [-0.25, -0.2) is 14.6 Å². The third-order valence-electron chi connectivity index (χ3n) is 3.63. The maximum absolute atomic E-state index is 11.0. The number of H-pyrrole nitrogens is 1. The van der Waals surface area contributed by atoms with E-state index in [0.717, 1.165) is 12.1 Å². The first-order valence-electron chi connectivity index (χ1n) is 8.49. The van der Waals surface area contributed by atoms with E-state index >= 15 is 0 Å². The molecule has 1 heterocycles. The van der Waals surface area contributed by atoms with Crippen molar-refractivity contribution < 1.29 is 45.9 Å². The van der Waals surface area contributed by atoms with Crippen molar-refractivity contribution in [2.75, 3.05) is 6.54 Å². The van der Waals surface area contributed by atoms with Crippen molar-refractivity contribution in [1.29, 1.82) is 0 Å². The van der Waals surface area contributed by atoms with Crippen LogP contribution in [0, 0.1) is 0 Å². The SMILES string of the molecule is NCCc1cnc[nH]1.O=C(O)c1cccc2cccc(C(=O)O)c12.O=S(=O)(O)C(F)(F)F. The molecule has 0 aliphatic heterocycles. The molecule has 6 N–H and O–H groups in total. The molecule has 0 amide bonds. The zero-order valence-electron chi connectivity index (χ0n) is 16.1. The number of alkyl halides is 3. The van der Waals surface area contributed by atoms with Crippen molar-refractivity contribution in [3.05, 3.63) is 65.7 Å². The number of imidazole rings is 1. The molecule has 0 fully saturated rings. The molecule has 1 aromatic heterocycles. The first-order chi connectivity index (χ1) is 14.8. The van der Waals surface area contributed by atoms with E-state index in [1.54, 1.807) is 36.8 Å². The number of aromatic carboxylic acids is 2. The topological polar surface area (TPSA) is 184 Å². The molecule has 0 atom stereocenters. The second-order valence-corrected chi connectivity index (χ2v) is 7.27. The number of aromatic amines is 1. The molecule has 0 aliphatic rings. The van der Waals surface area contributed by atoms with Crippen molar-refractivity contribution in [2.24, 2.45) is 5.73 Å². The standard InChI is InChI=1S/C12H8O4.C5H9N3.CHF3O3S/c13-11(14)8-5-1-3-7-4-2-6-9(10(7)8)12(15)16;6-2-1-5-3-7-4-8-5;2-1(3,4)8(5,6)7/h1-6H,(H,13,14)(H,15,16);3-4H,1-2,6H2,(H,7,8);(H,5,6,7). The number of halogens is 3. The summed E-state index contributed by atoms with van der Waals surface area (Å²) in [4.78, 5) is 28.8. The van der Waals surface area contributed by atoms with Gasteiger partial charge in [0.1, 0.15) is 0 Å². The molecule has 0 bridgehead atoms. The number of nitrogens with one attached hydrogen (secondary N) is 1. The van der Waals surface area contributed by atoms with Gasteiger partial charge in [-0.15, -0.1) is 0 Å². The van der Waals surface area contributed by atoms with Crippen LogP contribution in [0.25, 0.3) is 10.8 Å². The highest BCUT2D eigenvalue weighted by molar-refractivity contribution is 7.86. The van der Waals surface area contributed by atoms with Crippen LogP contribution >= 0.6 is 0 Å². The summed E-state index contributed by atoms with van der Waals surface area (Å²) in [5.74, 6) is -2.25. The van der Waals surface area contributed by atoms with Crippen LogP contribution in [-0.4, -0.2) is 57.1 Å². The Balaban J connectivity index is 0.000000270. The molecule has 0 aliphatic carbocycles. The molecule has 3 rings (SSSR count). The summed E-state index contributed by atoms with van der Waals surface area (Å²) in [5.41, 5.74) is 0.861. The quantitative estimate of drug-likeness (QED) is 0.278. The molecular formula is C18H18F3N3O7S. The van der Waals surface area contributed by atoms with Crippen LogP contribution in [0.1, 0.15) is 26.4 Å². The second kappa shape index (κ2) is 11.2. The van der Waals surface area contributed by atoms with Crippen LogP contribution in [0.5, 0.6) is 0 Å². The fourth-order valence-electron chi connectivity index (χ4n) is 2.27. The van der Waals surface area contributed by atoms with Gasteiger partial charge in [0.2, 0.25) is 0 Å². The number of fused-ring (bicyclic) bond motifs is 1. The van der Waals surface area contributed by atoms with Gasteiger partial charge in [-0.2, -0.15) is 21.6 Å². The van der Waals surface area contributed by atoms with Crippen LogP contribution in [0.15, 0.2) is 48.9 Å². The van der Waals surface area contributed by atoms with Crippen molar-refractivity contribution in [3.63, 3.8) is 0 Å². The molecule has 10 nitrogen and oxygen atoms in total. The first-order valence-corrected chi connectivity index (χ1v) is 9.93. The number of carboxylic acids is 2. The summed E-state index contributed by atoms with van der Waals surface area (Å²) in [6.07, 6.45) is 4.33. The molecule has 174 valence electrons. The van der Waals surface area contributed by atoms with Gasteiger partial charge in [-0.1, -0.05) is 24.3 Å². The van der Waals surface area contributed by atoms with Gasteiger partial charge in [0.05, 0.1) is 17.5 Å². The number of rotatable bonds is 4. The van der Waals surface area contributed by atoms with Crippen molar-refractivity contribution in [1.82, 2.24) is 9.97 Å². The van der Waals surface area contributed by atoms with Crippen molar-refractivity contribution in [2.45, 2.75) is 11.9 Å². The second-order valence-electron chi connectivity index (χ2n) is 5.86. The molecule has 32 heavy (non-hydrogen) atoms. The molecule has 0 unspecified atom stereocenters. The maximum atomic E-state index is 11.0. The van der Waals surface area contributed by atoms with Gasteiger partial charge in [-0.3, -0.25) is 4.55 Å². The Kier molecular flexibility index (Phi) is 9.31. The van der Waals surface area contributed by atoms with Crippen molar-refractivity contribution >= 4 is 32.8 Å². The number of carboxylic acid groups (broad SMARTS) is 2. The van der Waals surface area contributed by atoms with Gasteiger partial charge in [0.15, 0.2) is 0 Å². The summed E-state index contributed by atoms with van der Waals surface area (Å²) < 4.78 is 57.5. The lowest BCUT2D eigenvalue weighted by Gasteiger charge is -2.05. The number of nitrogens with two attached hydrogens (primary N) is 1. The summed E-state index contributed by atoms with van der Waals surface area (Å²) in [5, 5.41) is 18.9. The third-order valence-corrected chi connectivity index (χ3v) is 4.21. The Bertz CT molecular complexity index is 1120. The Labute approximate surface area is 179 Å². The van der Waals surface area contributed by atoms with Crippen LogP contribution < -0.4 is 5.73 Å². The highest BCUT2D eigenvalue weighted by Crippen LogP contribution is 2.23. The Hall–Kier alpha value is -3.49. The van der Waals surface area contributed by atoms with Gasteiger partial charge >= 0.3 is 27.6 Å². The number of nitrogens with zero attached hydrogens (tertiary/aromatic N) is 1. The molecular weight excluding hydrogens is 459 g/mol. The number of hydrogen-bond donors (Lipinski definition) is 5. The minimum Gasteiger partial charge on any atom is -0.478 e. The highest BCUT2D eigenvalue weighted by Gasteiger charge is 2.44. The van der Waals surface area contributed by atoms with Crippen LogP contribution in [-0.2, 0) is 16.5 Å². The lowest BCUT2D eigenvalue weighted by Crippen LogP contribution is -2.21. The summed E-state index contributed by atoms with van der Waals surface area (Å²) in [6, 6.07) is 9.37. The van der Waals surface area contributed by atoms with E-state index in [2.05, 4.69) is 9.97 Å². The molecule has 2 aromatic carbocycles. The van der Waals surface area contributed by atoms with Gasteiger partial charge in [-0.05, 0) is 24.1 Å². The molecule has 0 saturated carbocycles. The number of benzene rings is 2. The average Bonchev–Trinajstić information content (AvgIpc) is 3.20. The lowest BCUT2D eigenvalue weighted by molar-refractivity contribution is -0.0510. The molecule has 14 heteroatoms. The lowest BCUT2D eigenvalue weighted by atomic mass is 9.99. The first kappa shape index (κ1) is 26.5. The normalized spacial score (nSPS) is 11.0. The van der Waals surface area contributed by atoms with Crippen LogP contribution in [0.3, 0.4) is 0 Å². The Morgan fingerprint density at radius 1 is 1.03 bits per heavy atom. The third kappa shape index (κ3) is 7.64.